The van der Waals surface area contributed by atoms with Crippen LogP contribution in [0.25, 0.3) is 0 Å². The zero-order valence-electron chi connectivity index (χ0n) is 11.6. The van der Waals surface area contributed by atoms with Crippen LogP contribution in [0.4, 0.5) is 0 Å². The highest BCUT2D eigenvalue weighted by Crippen LogP contribution is 2.22. The second kappa shape index (κ2) is 7.76. The maximum Gasteiger partial charge on any atom is 0.261 e. The molecule has 0 spiro atoms. The fourth-order valence-corrected chi connectivity index (χ4v) is 3.05. The van der Waals surface area contributed by atoms with E-state index in [1.54, 1.807) is 24.3 Å². The summed E-state index contributed by atoms with van der Waals surface area (Å²) in [5, 5.41) is 0. The molecule has 0 radical (unpaired) electrons. The summed E-state index contributed by atoms with van der Waals surface area (Å²) in [6.45, 7) is 0.554. The molecule has 0 saturated heterocycles. The molecule has 0 unspecified atom stereocenters. The monoisotopic (exact) mass is 385 g/mol. The van der Waals surface area contributed by atoms with Gasteiger partial charge in [-0.1, -0.05) is 60.4 Å². The minimum atomic E-state index is -0.129. The molecule has 0 N–H and O–H groups in total. The summed E-state index contributed by atoms with van der Waals surface area (Å²) in [5.41, 5.74) is 1.11. The molecule has 0 atom stereocenters. The number of amides is 2. The maximum atomic E-state index is 12.1. The number of unbranched alkanes of at least 4 members (excludes halogenated alkanes) is 5. The molecule has 0 aliphatic carbocycles. The van der Waals surface area contributed by atoms with Crippen LogP contribution >= 0.6 is 22.6 Å². The first-order valence-electron chi connectivity index (χ1n) is 7.27. The van der Waals surface area contributed by atoms with Crippen molar-refractivity contribution in [3.05, 3.63) is 35.4 Å². The maximum absolute atomic E-state index is 12.1. The lowest BCUT2D eigenvalue weighted by atomic mass is 10.1. The first-order valence-corrected chi connectivity index (χ1v) is 8.79. The van der Waals surface area contributed by atoms with Gasteiger partial charge in [-0.3, -0.25) is 14.5 Å². The molecule has 1 aliphatic heterocycles. The number of halogens is 1. The number of nitrogens with zero attached hydrogens (tertiary/aromatic N) is 1. The molecule has 3 nitrogen and oxygen atoms in total. The van der Waals surface area contributed by atoms with E-state index in [4.69, 9.17) is 0 Å². The van der Waals surface area contributed by atoms with E-state index in [9.17, 15) is 9.59 Å². The Morgan fingerprint density at radius 3 is 1.85 bits per heavy atom. The summed E-state index contributed by atoms with van der Waals surface area (Å²) < 4.78 is 1.23. The van der Waals surface area contributed by atoms with Crippen molar-refractivity contribution in [1.29, 1.82) is 0 Å². The van der Waals surface area contributed by atoms with Gasteiger partial charge in [0.2, 0.25) is 0 Å². The predicted octanol–water partition coefficient (Wildman–Crippen LogP) is 4.06. The van der Waals surface area contributed by atoms with E-state index in [-0.39, 0.29) is 11.8 Å². The van der Waals surface area contributed by atoms with Crippen LogP contribution in [-0.4, -0.2) is 27.7 Å². The first kappa shape index (κ1) is 15.5. The average molecular weight is 385 g/mol. The Labute approximate surface area is 133 Å². The standard InChI is InChI=1S/C16H20INO2/c17-11-7-3-1-2-4-8-12-18-15(19)13-9-5-6-10-14(13)16(18)20/h5-6,9-10H,1-4,7-8,11-12H2. The molecule has 0 fully saturated rings. The van der Waals surface area contributed by atoms with Gasteiger partial charge in [-0.15, -0.1) is 0 Å². The Balaban J connectivity index is 1.75. The highest BCUT2D eigenvalue weighted by Gasteiger charge is 2.34. The molecule has 108 valence electrons. The molecule has 0 bridgehead atoms. The highest BCUT2D eigenvalue weighted by atomic mass is 127. The van der Waals surface area contributed by atoms with Gasteiger partial charge in [0.15, 0.2) is 0 Å². The first-order chi connectivity index (χ1) is 9.75. The van der Waals surface area contributed by atoms with E-state index in [1.807, 2.05) is 0 Å². The number of carbonyl (C=O) groups is 2. The van der Waals surface area contributed by atoms with E-state index in [0.29, 0.717) is 17.7 Å². The van der Waals surface area contributed by atoms with Crippen LogP contribution < -0.4 is 0 Å². The van der Waals surface area contributed by atoms with E-state index >= 15 is 0 Å². The lowest BCUT2D eigenvalue weighted by Crippen LogP contribution is -2.30. The van der Waals surface area contributed by atoms with Gasteiger partial charge in [0.05, 0.1) is 11.1 Å². The number of rotatable bonds is 8. The molecular weight excluding hydrogens is 365 g/mol. The van der Waals surface area contributed by atoms with Gasteiger partial charge in [0.25, 0.3) is 11.8 Å². The Kier molecular flexibility index (Phi) is 6.01. The number of carbonyl (C=O) groups excluding carboxylic acids is 2. The van der Waals surface area contributed by atoms with Gasteiger partial charge in [-0.2, -0.15) is 0 Å². The summed E-state index contributed by atoms with van der Waals surface area (Å²) in [6, 6.07) is 7.08. The topological polar surface area (TPSA) is 37.4 Å². The van der Waals surface area contributed by atoms with Crippen molar-refractivity contribution in [2.75, 3.05) is 11.0 Å². The number of hydrogen-bond donors (Lipinski definition) is 0. The summed E-state index contributed by atoms with van der Waals surface area (Å²) >= 11 is 2.40. The second-order valence-corrected chi connectivity index (χ2v) is 6.20. The molecular formula is C16H20INO2. The van der Waals surface area contributed by atoms with Gasteiger partial charge < -0.3 is 0 Å². The van der Waals surface area contributed by atoms with Crippen LogP contribution in [0.3, 0.4) is 0 Å². The fourth-order valence-electron chi connectivity index (χ4n) is 2.51. The van der Waals surface area contributed by atoms with E-state index in [2.05, 4.69) is 22.6 Å². The van der Waals surface area contributed by atoms with Crippen LogP contribution in [0.5, 0.6) is 0 Å². The van der Waals surface area contributed by atoms with Gasteiger partial charge in [0, 0.05) is 6.54 Å². The molecule has 1 aromatic carbocycles. The van der Waals surface area contributed by atoms with Crippen molar-refractivity contribution in [3.8, 4) is 0 Å². The second-order valence-electron chi connectivity index (χ2n) is 5.12. The number of imide groups is 1. The van der Waals surface area contributed by atoms with Crippen LogP contribution in [-0.2, 0) is 0 Å². The number of benzene rings is 1. The minimum absolute atomic E-state index is 0.129. The van der Waals surface area contributed by atoms with Gasteiger partial charge in [-0.25, -0.2) is 0 Å². The largest absolute Gasteiger partial charge is 0.274 e. The lowest BCUT2D eigenvalue weighted by molar-refractivity contribution is 0.0651. The quantitative estimate of drug-likeness (QED) is 0.293. The van der Waals surface area contributed by atoms with Gasteiger partial charge in [-0.05, 0) is 29.4 Å². The summed E-state index contributed by atoms with van der Waals surface area (Å²) in [5.74, 6) is -0.258. The third-order valence-electron chi connectivity index (χ3n) is 3.64. The van der Waals surface area contributed by atoms with E-state index < -0.39 is 0 Å². The average Bonchev–Trinajstić information content (AvgIpc) is 2.71. The third-order valence-corrected chi connectivity index (χ3v) is 4.41. The van der Waals surface area contributed by atoms with Crippen molar-refractivity contribution in [2.45, 2.75) is 38.5 Å². The Morgan fingerprint density at radius 1 is 0.800 bits per heavy atom. The van der Waals surface area contributed by atoms with Crippen LogP contribution in [0.2, 0.25) is 0 Å². The van der Waals surface area contributed by atoms with Crippen LogP contribution in [0.15, 0.2) is 24.3 Å². The molecule has 0 saturated carbocycles. The number of alkyl halides is 1. The Hall–Kier alpha value is -0.910. The van der Waals surface area contributed by atoms with E-state index in [1.165, 1.54) is 35.0 Å². The lowest BCUT2D eigenvalue weighted by Gasteiger charge is -2.13. The zero-order chi connectivity index (χ0) is 14.4. The summed E-state index contributed by atoms with van der Waals surface area (Å²) in [6.07, 6.45) is 7.03. The molecule has 2 amide bonds. The predicted molar refractivity (Wildman–Crippen MR) is 88.4 cm³/mol. The molecule has 1 heterocycles. The van der Waals surface area contributed by atoms with Crippen LogP contribution in [0.1, 0.15) is 59.2 Å². The molecule has 20 heavy (non-hydrogen) atoms. The highest BCUT2D eigenvalue weighted by molar-refractivity contribution is 14.1. The van der Waals surface area contributed by atoms with Gasteiger partial charge >= 0.3 is 0 Å². The Morgan fingerprint density at radius 2 is 1.30 bits per heavy atom. The van der Waals surface area contributed by atoms with Crippen molar-refractivity contribution in [1.82, 2.24) is 4.90 Å². The van der Waals surface area contributed by atoms with Gasteiger partial charge in [0.1, 0.15) is 0 Å². The van der Waals surface area contributed by atoms with Crippen molar-refractivity contribution < 1.29 is 9.59 Å². The summed E-state index contributed by atoms with van der Waals surface area (Å²) in [4.78, 5) is 25.6. The number of hydrogen-bond acceptors (Lipinski definition) is 2. The molecule has 1 aromatic rings. The van der Waals surface area contributed by atoms with Crippen LogP contribution in [0, 0.1) is 0 Å². The smallest absolute Gasteiger partial charge is 0.261 e. The van der Waals surface area contributed by atoms with Crippen molar-refractivity contribution in [3.63, 3.8) is 0 Å². The van der Waals surface area contributed by atoms with Crippen molar-refractivity contribution in [2.24, 2.45) is 0 Å². The molecule has 4 heteroatoms. The molecule has 2 rings (SSSR count). The fraction of sp³-hybridized carbons (Fsp3) is 0.500. The Bertz CT molecular complexity index is 452. The van der Waals surface area contributed by atoms with Crippen molar-refractivity contribution >= 4 is 34.4 Å². The van der Waals surface area contributed by atoms with E-state index in [0.717, 1.165) is 12.8 Å². The normalized spacial score (nSPS) is 13.9. The SMILES string of the molecule is O=C1c2ccccc2C(=O)N1CCCCCCCCI. The minimum Gasteiger partial charge on any atom is -0.274 e. The number of fused-ring (bicyclic) bond motifs is 1. The molecule has 0 aromatic heterocycles. The third kappa shape index (κ3) is 3.59. The summed E-state index contributed by atoms with van der Waals surface area (Å²) in [7, 11) is 0. The molecule has 1 aliphatic rings. The zero-order valence-corrected chi connectivity index (χ0v) is 13.8.